The summed E-state index contributed by atoms with van der Waals surface area (Å²) in [6.45, 7) is 1.98. The number of hydrogen-bond donors (Lipinski definition) is 1. The lowest BCUT2D eigenvalue weighted by atomic mass is 10.1. The standard InChI is InChI=1S/C11H11NO3S/c1-2-8-5-6-10(16(13,14)15)11-9(8)4-3-7-12-11/h3-7H,2H2,1H3,(H,13,14,15). The van der Waals surface area contributed by atoms with Crippen molar-refractivity contribution < 1.29 is 13.0 Å². The third-order valence-corrected chi connectivity index (χ3v) is 3.37. The van der Waals surface area contributed by atoms with Gasteiger partial charge in [0.15, 0.2) is 0 Å². The Hall–Kier alpha value is -1.46. The average Bonchev–Trinajstić information content (AvgIpc) is 2.26. The molecule has 2 rings (SSSR count). The Bertz CT molecular complexity index is 635. The zero-order chi connectivity index (χ0) is 11.8. The van der Waals surface area contributed by atoms with Gasteiger partial charge in [0.25, 0.3) is 10.1 Å². The Kier molecular flexibility index (Phi) is 2.65. The van der Waals surface area contributed by atoms with Gasteiger partial charge >= 0.3 is 0 Å². The molecule has 0 atom stereocenters. The number of aromatic nitrogens is 1. The smallest absolute Gasteiger partial charge is 0.282 e. The molecule has 4 nitrogen and oxygen atoms in total. The van der Waals surface area contributed by atoms with Crippen LogP contribution in [0.4, 0.5) is 0 Å². The molecule has 0 fully saturated rings. The zero-order valence-corrected chi connectivity index (χ0v) is 9.53. The molecule has 0 amide bonds. The second-order valence-corrected chi connectivity index (χ2v) is 4.84. The summed E-state index contributed by atoms with van der Waals surface area (Å²) in [5, 5.41) is 0.764. The van der Waals surface area contributed by atoms with Crippen LogP contribution in [0.25, 0.3) is 10.9 Å². The Morgan fingerprint density at radius 3 is 2.69 bits per heavy atom. The van der Waals surface area contributed by atoms with Crippen molar-refractivity contribution in [1.82, 2.24) is 4.98 Å². The van der Waals surface area contributed by atoms with E-state index < -0.39 is 10.1 Å². The number of aryl methyl sites for hydroxylation is 1. The van der Waals surface area contributed by atoms with Gasteiger partial charge < -0.3 is 0 Å². The molecule has 0 aliphatic rings. The fraction of sp³-hybridized carbons (Fsp3) is 0.182. The highest BCUT2D eigenvalue weighted by Crippen LogP contribution is 2.24. The fourth-order valence-corrected chi connectivity index (χ4v) is 2.37. The molecule has 0 spiro atoms. The van der Waals surface area contributed by atoms with E-state index in [0.29, 0.717) is 5.52 Å². The van der Waals surface area contributed by atoms with Crippen LogP contribution in [0.3, 0.4) is 0 Å². The van der Waals surface area contributed by atoms with Crippen LogP contribution in [-0.2, 0) is 16.5 Å². The molecular weight excluding hydrogens is 226 g/mol. The molecule has 84 valence electrons. The van der Waals surface area contributed by atoms with Crippen LogP contribution in [-0.4, -0.2) is 18.0 Å². The maximum atomic E-state index is 11.2. The normalized spacial score (nSPS) is 11.9. The van der Waals surface area contributed by atoms with E-state index in [-0.39, 0.29) is 4.90 Å². The Balaban J connectivity index is 2.91. The molecule has 1 N–H and O–H groups in total. The van der Waals surface area contributed by atoms with Gasteiger partial charge in [-0.2, -0.15) is 8.42 Å². The quantitative estimate of drug-likeness (QED) is 0.812. The molecule has 0 saturated carbocycles. The second kappa shape index (κ2) is 3.84. The van der Waals surface area contributed by atoms with Crippen molar-refractivity contribution in [2.45, 2.75) is 18.2 Å². The predicted molar refractivity (Wildman–Crippen MR) is 60.9 cm³/mol. The van der Waals surface area contributed by atoms with Crippen molar-refractivity contribution >= 4 is 21.0 Å². The lowest BCUT2D eigenvalue weighted by Gasteiger charge is -2.06. The number of hydrogen-bond acceptors (Lipinski definition) is 3. The van der Waals surface area contributed by atoms with E-state index in [9.17, 15) is 8.42 Å². The maximum Gasteiger partial charge on any atom is 0.296 e. The van der Waals surface area contributed by atoms with Crippen molar-refractivity contribution in [2.24, 2.45) is 0 Å². The van der Waals surface area contributed by atoms with E-state index in [0.717, 1.165) is 17.4 Å². The SMILES string of the molecule is CCc1ccc(S(=O)(=O)O)c2ncccc12. The van der Waals surface area contributed by atoms with E-state index in [2.05, 4.69) is 4.98 Å². The molecule has 1 aromatic heterocycles. The Morgan fingerprint density at radius 2 is 2.06 bits per heavy atom. The number of benzene rings is 1. The first kappa shape index (κ1) is 11.0. The monoisotopic (exact) mass is 237 g/mol. The second-order valence-electron chi connectivity index (χ2n) is 3.45. The van der Waals surface area contributed by atoms with Gasteiger partial charge in [0.05, 0.1) is 5.52 Å². The van der Waals surface area contributed by atoms with Gasteiger partial charge in [-0.25, -0.2) is 0 Å². The molecule has 1 aromatic carbocycles. The lowest BCUT2D eigenvalue weighted by Crippen LogP contribution is -2.01. The zero-order valence-electron chi connectivity index (χ0n) is 8.71. The van der Waals surface area contributed by atoms with E-state index >= 15 is 0 Å². The number of fused-ring (bicyclic) bond motifs is 1. The first-order chi connectivity index (χ1) is 7.54. The molecule has 0 aliphatic carbocycles. The number of pyridine rings is 1. The summed E-state index contributed by atoms with van der Waals surface area (Å²) in [4.78, 5) is 3.88. The van der Waals surface area contributed by atoms with Crippen molar-refractivity contribution in [3.63, 3.8) is 0 Å². The summed E-state index contributed by atoms with van der Waals surface area (Å²) in [7, 11) is -4.22. The highest BCUT2D eigenvalue weighted by Gasteiger charge is 2.15. The molecule has 1 heterocycles. The summed E-state index contributed by atoms with van der Waals surface area (Å²) in [5.74, 6) is 0. The first-order valence-electron chi connectivity index (χ1n) is 4.88. The van der Waals surface area contributed by atoms with Crippen LogP contribution in [0.1, 0.15) is 12.5 Å². The molecule has 0 unspecified atom stereocenters. The summed E-state index contributed by atoms with van der Waals surface area (Å²) < 4.78 is 31.4. The van der Waals surface area contributed by atoms with E-state index in [1.54, 1.807) is 18.2 Å². The van der Waals surface area contributed by atoms with Crippen LogP contribution in [0, 0.1) is 0 Å². The third kappa shape index (κ3) is 1.79. The van der Waals surface area contributed by atoms with Gasteiger partial charge in [-0.3, -0.25) is 9.54 Å². The predicted octanol–water partition coefficient (Wildman–Crippen LogP) is 2.04. The summed E-state index contributed by atoms with van der Waals surface area (Å²) >= 11 is 0. The number of nitrogens with zero attached hydrogens (tertiary/aromatic N) is 1. The van der Waals surface area contributed by atoms with Gasteiger partial charge in [-0.1, -0.05) is 19.1 Å². The molecular formula is C11H11NO3S. The van der Waals surface area contributed by atoms with Gasteiger partial charge in [0, 0.05) is 11.6 Å². The Labute approximate surface area is 93.7 Å². The highest BCUT2D eigenvalue weighted by atomic mass is 32.2. The van der Waals surface area contributed by atoms with E-state index in [1.165, 1.54) is 12.3 Å². The molecule has 5 heteroatoms. The van der Waals surface area contributed by atoms with Crippen LogP contribution < -0.4 is 0 Å². The third-order valence-electron chi connectivity index (χ3n) is 2.48. The van der Waals surface area contributed by atoms with Gasteiger partial charge in [0.2, 0.25) is 0 Å². The molecule has 0 aliphatic heterocycles. The highest BCUT2D eigenvalue weighted by molar-refractivity contribution is 7.86. The van der Waals surface area contributed by atoms with Crippen molar-refractivity contribution in [2.75, 3.05) is 0 Å². The van der Waals surface area contributed by atoms with Gasteiger partial charge in [-0.05, 0) is 24.1 Å². The summed E-state index contributed by atoms with van der Waals surface area (Å²) in [6.07, 6.45) is 2.30. The number of rotatable bonds is 2. The van der Waals surface area contributed by atoms with Gasteiger partial charge in [-0.15, -0.1) is 0 Å². The molecule has 0 saturated heterocycles. The topological polar surface area (TPSA) is 67.3 Å². The maximum absolute atomic E-state index is 11.2. The minimum Gasteiger partial charge on any atom is -0.282 e. The molecule has 0 radical (unpaired) electrons. The van der Waals surface area contributed by atoms with Crippen molar-refractivity contribution in [3.8, 4) is 0 Å². The van der Waals surface area contributed by atoms with Crippen LogP contribution >= 0.6 is 0 Å². The van der Waals surface area contributed by atoms with E-state index in [4.69, 9.17) is 4.55 Å². The van der Waals surface area contributed by atoms with Gasteiger partial charge in [0.1, 0.15) is 4.90 Å². The minimum absolute atomic E-state index is 0.139. The average molecular weight is 237 g/mol. The van der Waals surface area contributed by atoms with Crippen molar-refractivity contribution in [1.29, 1.82) is 0 Å². The van der Waals surface area contributed by atoms with Crippen LogP contribution in [0.5, 0.6) is 0 Å². The Morgan fingerprint density at radius 1 is 1.31 bits per heavy atom. The molecule has 0 bridgehead atoms. The first-order valence-corrected chi connectivity index (χ1v) is 6.32. The largest absolute Gasteiger partial charge is 0.296 e. The van der Waals surface area contributed by atoms with Crippen LogP contribution in [0.2, 0.25) is 0 Å². The van der Waals surface area contributed by atoms with Crippen LogP contribution in [0.15, 0.2) is 35.4 Å². The van der Waals surface area contributed by atoms with E-state index in [1.807, 2.05) is 6.92 Å². The minimum atomic E-state index is -4.22. The molecule has 16 heavy (non-hydrogen) atoms. The summed E-state index contributed by atoms with van der Waals surface area (Å²) in [5.41, 5.74) is 1.33. The summed E-state index contributed by atoms with van der Waals surface area (Å²) in [6, 6.07) is 6.64. The fourth-order valence-electron chi connectivity index (χ4n) is 1.72. The molecule has 2 aromatic rings. The van der Waals surface area contributed by atoms with Crippen molar-refractivity contribution in [3.05, 3.63) is 36.0 Å². The lowest BCUT2D eigenvalue weighted by molar-refractivity contribution is 0.484.